The number of pyridine rings is 1. The van der Waals surface area contributed by atoms with Gasteiger partial charge in [0, 0.05) is 36.7 Å². The van der Waals surface area contributed by atoms with Gasteiger partial charge in [0.05, 0.1) is 23.5 Å². The first kappa shape index (κ1) is 26.9. The molecule has 1 unspecified atom stereocenters. The molecule has 0 saturated carbocycles. The van der Waals surface area contributed by atoms with Crippen LogP contribution in [0.4, 0.5) is 13.6 Å². The van der Waals surface area contributed by atoms with E-state index in [0.29, 0.717) is 12.8 Å². The fraction of sp³-hybridized carbons (Fsp3) is 0.333. The number of hydrazine groups is 1. The number of benzene rings is 1. The highest BCUT2D eigenvalue weighted by Crippen LogP contribution is 2.35. The number of urea groups is 1. The van der Waals surface area contributed by atoms with Crippen molar-refractivity contribution in [2.45, 2.75) is 46.3 Å². The summed E-state index contributed by atoms with van der Waals surface area (Å²) in [4.78, 5) is 38.3. The molecular formula is C24H24ClF2N7O4. The number of carbonyl (C=O) groups excluding carboxylic acids is 2. The van der Waals surface area contributed by atoms with Crippen LogP contribution in [0.2, 0.25) is 5.02 Å². The van der Waals surface area contributed by atoms with Crippen molar-refractivity contribution in [2.24, 2.45) is 5.16 Å². The van der Waals surface area contributed by atoms with Crippen LogP contribution in [-0.4, -0.2) is 50.4 Å². The summed E-state index contributed by atoms with van der Waals surface area (Å²) in [7, 11) is 0. The number of amides is 3. The van der Waals surface area contributed by atoms with Crippen LogP contribution in [0.1, 0.15) is 38.3 Å². The molecule has 2 aromatic heterocycles. The van der Waals surface area contributed by atoms with Gasteiger partial charge in [-0.25, -0.2) is 18.6 Å². The van der Waals surface area contributed by atoms with E-state index in [0.717, 1.165) is 22.9 Å². The Morgan fingerprint density at radius 3 is 2.63 bits per heavy atom. The molecule has 4 rings (SSSR count). The number of nitrogens with one attached hydrogen (secondary N) is 2. The van der Waals surface area contributed by atoms with Crippen molar-refractivity contribution in [3.63, 3.8) is 0 Å². The lowest BCUT2D eigenvalue weighted by molar-refractivity contribution is -0.135. The molecule has 14 heteroatoms. The largest absolute Gasteiger partial charge is 0.382 e. The van der Waals surface area contributed by atoms with Gasteiger partial charge in [-0.05, 0) is 37.1 Å². The number of carbonyl (C=O) groups is 2. The summed E-state index contributed by atoms with van der Waals surface area (Å²) in [6.45, 7) is 4.97. The molecule has 3 amide bonds. The molecule has 1 aliphatic rings. The Kier molecular flexibility index (Phi) is 8.15. The van der Waals surface area contributed by atoms with Crippen molar-refractivity contribution in [1.29, 1.82) is 0 Å². The lowest BCUT2D eigenvalue weighted by Crippen LogP contribution is -2.53. The van der Waals surface area contributed by atoms with Gasteiger partial charge < -0.3 is 14.7 Å². The molecule has 0 bridgehead atoms. The Labute approximate surface area is 221 Å². The topological polar surface area (TPSA) is 135 Å². The van der Waals surface area contributed by atoms with E-state index in [2.05, 4.69) is 31.0 Å². The maximum Gasteiger partial charge on any atom is 0.336 e. The van der Waals surface area contributed by atoms with Gasteiger partial charge in [0.15, 0.2) is 0 Å². The predicted octanol–water partition coefficient (Wildman–Crippen LogP) is 4.16. The average molecular weight is 548 g/mol. The van der Waals surface area contributed by atoms with Crippen molar-refractivity contribution in [2.75, 3.05) is 6.54 Å². The third-order valence-electron chi connectivity index (χ3n) is 5.68. The minimum atomic E-state index is -0.823. The van der Waals surface area contributed by atoms with Gasteiger partial charge in [-0.2, -0.15) is 4.98 Å². The molecule has 0 radical (unpaired) electrons. The van der Waals surface area contributed by atoms with Gasteiger partial charge in [0.25, 0.3) is 5.91 Å². The van der Waals surface area contributed by atoms with Crippen LogP contribution in [0.3, 0.4) is 0 Å². The van der Waals surface area contributed by atoms with E-state index >= 15 is 0 Å². The number of nitrogens with zero attached hydrogens (tertiary/aromatic N) is 5. The second-order valence-corrected chi connectivity index (χ2v) is 8.72. The molecule has 0 fully saturated rings. The fourth-order valence-corrected chi connectivity index (χ4v) is 3.89. The van der Waals surface area contributed by atoms with E-state index in [1.807, 2.05) is 6.92 Å². The molecule has 200 valence electrons. The Morgan fingerprint density at radius 2 is 2.00 bits per heavy atom. The second kappa shape index (κ2) is 11.5. The minimum absolute atomic E-state index is 0.0226. The van der Waals surface area contributed by atoms with E-state index < -0.39 is 29.7 Å². The monoisotopic (exact) mass is 547 g/mol. The van der Waals surface area contributed by atoms with Crippen molar-refractivity contribution in [1.82, 2.24) is 30.9 Å². The maximum absolute atomic E-state index is 15.0. The summed E-state index contributed by atoms with van der Waals surface area (Å²) in [6, 6.07) is 2.99. The molecule has 0 aliphatic carbocycles. The van der Waals surface area contributed by atoms with Crippen LogP contribution in [0.5, 0.6) is 0 Å². The lowest BCUT2D eigenvalue weighted by atomic mass is 9.99. The van der Waals surface area contributed by atoms with E-state index in [9.17, 15) is 18.4 Å². The Morgan fingerprint density at radius 1 is 1.21 bits per heavy atom. The van der Waals surface area contributed by atoms with Crippen LogP contribution < -0.4 is 10.7 Å². The SMILES string of the molecule is CCC1=NOC(C(=O)NN(CC)C(=O)NCc2ncc(-c3cc(Cl)cc(F)c3-c3noc(C)n3)cc2F)C1. The molecule has 0 spiro atoms. The van der Waals surface area contributed by atoms with Crippen molar-refractivity contribution in [3.05, 3.63) is 52.6 Å². The summed E-state index contributed by atoms with van der Waals surface area (Å²) in [5, 5.41) is 11.2. The van der Waals surface area contributed by atoms with Gasteiger partial charge >= 0.3 is 6.03 Å². The molecule has 11 nitrogen and oxygen atoms in total. The summed E-state index contributed by atoms with van der Waals surface area (Å²) in [5.74, 6) is -1.79. The van der Waals surface area contributed by atoms with Gasteiger partial charge in [-0.15, -0.1) is 0 Å². The number of aryl methyl sites for hydroxylation is 1. The minimum Gasteiger partial charge on any atom is -0.382 e. The molecule has 38 heavy (non-hydrogen) atoms. The maximum atomic E-state index is 15.0. The number of hydrogen-bond donors (Lipinski definition) is 2. The molecular weight excluding hydrogens is 524 g/mol. The van der Waals surface area contributed by atoms with Crippen LogP contribution in [0.25, 0.3) is 22.5 Å². The van der Waals surface area contributed by atoms with E-state index in [1.165, 1.54) is 12.3 Å². The van der Waals surface area contributed by atoms with Crippen molar-refractivity contribution in [3.8, 4) is 22.5 Å². The molecule has 1 aromatic carbocycles. The summed E-state index contributed by atoms with van der Waals surface area (Å²) < 4.78 is 34.7. The zero-order chi connectivity index (χ0) is 27.4. The number of aromatic nitrogens is 3. The highest BCUT2D eigenvalue weighted by atomic mass is 35.5. The molecule has 0 saturated heterocycles. The quantitative estimate of drug-likeness (QED) is 0.424. The standard InChI is InChI=1S/C24H24ClF2N7O4/c1-4-15-9-20(38-32-15)23(35)31-34(5-2)24(36)29-11-19-17(26)6-13(10-28-19)16-7-14(25)8-18(27)21(16)22-30-12(3)37-33-22/h6-8,10,20H,4-5,9,11H2,1-3H3,(H,29,36)(H,31,35). The zero-order valence-electron chi connectivity index (χ0n) is 20.7. The normalized spacial score (nSPS) is 14.6. The van der Waals surface area contributed by atoms with Crippen LogP contribution >= 0.6 is 11.6 Å². The average Bonchev–Trinajstić information content (AvgIpc) is 3.55. The first-order valence-electron chi connectivity index (χ1n) is 11.7. The van der Waals surface area contributed by atoms with Gasteiger partial charge in [0.2, 0.25) is 17.8 Å². The Balaban J connectivity index is 1.45. The first-order valence-corrected chi connectivity index (χ1v) is 12.1. The molecule has 1 atom stereocenters. The number of hydrogen-bond acceptors (Lipinski definition) is 8. The predicted molar refractivity (Wildman–Crippen MR) is 133 cm³/mol. The van der Waals surface area contributed by atoms with Crippen LogP contribution in [-0.2, 0) is 16.2 Å². The highest BCUT2D eigenvalue weighted by molar-refractivity contribution is 6.31. The van der Waals surface area contributed by atoms with Crippen LogP contribution in [0.15, 0.2) is 34.1 Å². The van der Waals surface area contributed by atoms with Gasteiger partial charge in [-0.1, -0.05) is 28.8 Å². The molecule has 1 aliphatic heterocycles. The van der Waals surface area contributed by atoms with Crippen molar-refractivity contribution >= 4 is 29.3 Å². The molecule has 3 heterocycles. The third-order valence-corrected chi connectivity index (χ3v) is 5.90. The lowest BCUT2D eigenvalue weighted by Gasteiger charge is -2.23. The first-order chi connectivity index (χ1) is 18.2. The fourth-order valence-electron chi connectivity index (χ4n) is 3.68. The summed E-state index contributed by atoms with van der Waals surface area (Å²) >= 11 is 6.04. The number of oxime groups is 1. The molecule has 2 N–H and O–H groups in total. The second-order valence-electron chi connectivity index (χ2n) is 8.29. The zero-order valence-corrected chi connectivity index (χ0v) is 21.5. The Hall–Kier alpha value is -4.13. The Bertz CT molecular complexity index is 1400. The number of halogens is 3. The van der Waals surface area contributed by atoms with Gasteiger partial charge in [-0.3, -0.25) is 15.2 Å². The summed E-state index contributed by atoms with van der Waals surface area (Å²) in [6.07, 6.45) is 1.49. The summed E-state index contributed by atoms with van der Waals surface area (Å²) in [5.41, 5.74) is 3.54. The van der Waals surface area contributed by atoms with Gasteiger partial charge in [0.1, 0.15) is 11.6 Å². The third kappa shape index (κ3) is 5.88. The van der Waals surface area contributed by atoms with Crippen molar-refractivity contribution < 1.29 is 27.7 Å². The van der Waals surface area contributed by atoms with E-state index in [1.54, 1.807) is 13.8 Å². The smallest absolute Gasteiger partial charge is 0.336 e. The van der Waals surface area contributed by atoms with Crippen LogP contribution in [0, 0.1) is 18.6 Å². The van der Waals surface area contributed by atoms with E-state index in [4.69, 9.17) is 21.0 Å². The van der Waals surface area contributed by atoms with E-state index in [-0.39, 0.29) is 52.2 Å². The molecule has 3 aromatic rings. The number of rotatable bonds is 7. The highest BCUT2D eigenvalue weighted by Gasteiger charge is 2.29.